The lowest BCUT2D eigenvalue weighted by Gasteiger charge is -2.02. The number of rotatable bonds is 4. The third-order valence-electron chi connectivity index (χ3n) is 3.70. The van der Waals surface area contributed by atoms with Crippen LogP contribution in [0.2, 0.25) is 0 Å². The Morgan fingerprint density at radius 1 is 1.08 bits per heavy atom. The molecule has 3 heterocycles. The van der Waals surface area contributed by atoms with Gasteiger partial charge in [-0.15, -0.1) is 0 Å². The van der Waals surface area contributed by atoms with Crippen molar-refractivity contribution in [1.82, 2.24) is 29.7 Å². The maximum Gasteiger partial charge on any atom is 0.271 e. The molecule has 1 aromatic carbocycles. The highest BCUT2D eigenvalue weighted by molar-refractivity contribution is 5.93. The number of nitrogens with zero attached hydrogens (tertiary/aromatic N) is 5. The summed E-state index contributed by atoms with van der Waals surface area (Å²) in [5.74, 6) is -0.270. The minimum Gasteiger partial charge on any atom is -0.345 e. The molecule has 1 N–H and O–H groups in total. The summed E-state index contributed by atoms with van der Waals surface area (Å²) in [7, 11) is 0. The molecule has 0 bridgehead atoms. The maximum absolute atomic E-state index is 12.4. The van der Waals surface area contributed by atoms with Crippen molar-refractivity contribution < 1.29 is 4.79 Å². The highest BCUT2D eigenvalue weighted by Gasteiger charge is 2.14. The van der Waals surface area contributed by atoms with Crippen LogP contribution in [0.1, 0.15) is 16.2 Å². The third kappa shape index (κ3) is 3.07. The van der Waals surface area contributed by atoms with Crippen molar-refractivity contribution in [3.63, 3.8) is 0 Å². The molecular formula is C18H14N6O. The SMILES string of the molecule is O=C(NCc1cnccn1)c1cn2ccnc(-c3ccccc3)c2n1. The first kappa shape index (κ1) is 14.9. The van der Waals surface area contributed by atoms with E-state index in [1.165, 1.54) is 0 Å². The van der Waals surface area contributed by atoms with Crippen LogP contribution in [0, 0.1) is 0 Å². The highest BCUT2D eigenvalue weighted by atomic mass is 16.1. The Bertz CT molecular complexity index is 1010. The quantitative estimate of drug-likeness (QED) is 0.619. The second kappa shape index (κ2) is 6.48. The minimum atomic E-state index is -0.270. The fourth-order valence-electron chi connectivity index (χ4n) is 2.51. The van der Waals surface area contributed by atoms with Crippen LogP contribution in [0.3, 0.4) is 0 Å². The van der Waals surface area contributed by atoms with Gasteiger partial charge in [0.05, 0.1) is 18.4 Å². The van der Waals surface area contributed by atoms with Crippen LogP contribution in [-0.4, -0.2) is 30.2 Å². The van der Waals surface area contributed by atoms with E-state index in [1.54, 1.807) is 41.6 Å². The lowest BCUT2D eigenvalue weighted by molar-refractivity contribution is 0.0946. The molecule has 0 aliphatic rings. The van der Waals surface area contributed by atoms with E-state index < -0.39 is 0 Å². The number of amides is 1. The first-order chi connectivity index (χ1) is 12.3. The van der Waals surface area contributed by atoms with Crippen molar-refractivity contribution in [2.24, 2.45) is 0 Å². The van der Waals surface area contributed by atoms with Crippen LogP contribution in [0.4, 0.5) is 0 Å². The van der Waals surface area contributed by atoms with Crippen molar-refractivity contribution in [2.75, 3.05) is 0 Å². The first-order valence-corrected chi connectivity index (χ1v) is 7.73. The van der Waals surface area contributed by atoms with Crippen LogP contribution < -0.4 is 5.32 Å². The molecule has 25 heavy (non-hydrogen) atoms. The summed E-state index contributed by atoms with van der Waals surface area (Å²) in [4.78, 5) is 29.3. The molecule has 3 aromatic heterocycles. The molecule has 1 amide bonds. The van der Waals surface area contributed by atoms with Crippen LogP contribution in [0.5, 0.6) is 0 Å². The molecule has 0 atom stereocenters. The standard InChI is InChI=1S/C18H14N6O/c25-18(22-11-14-10-19-6-7-20-14)15-12-24-9-8-21-16(17(24)23-15)13-4-2-1-3-5-13/h1-10,12H,11H2,(H,22,25). The van der Waals surface area contributed by atoms with Crippen molar-refractivity contribution in [3.8, 4) is 11.3 Å². The van der Waals surface area contributed by atoms with Gasteiger partial charge in [-0.2, -0.15) is 0 Å². The van der Waals surface area contributed by atoms with Crippen molar-refractivity contribution in [3.05, 3.63) is 78.9 Å². The maximum atomic E-state index is 12.4. The minimum absolute atomic E-state index is 0.270. The lowest BCUT2D eigenvalue weighted by Crippen LogP contribution is -2.23. The largest absolute Gasteiger partial charge is 0.345 e. The average molecular weight is 330 g/mol. The molecule has 7 heteroatoms. The molecule has 4 rings (SSSR count). The molecule has 122 valence electrons. The zero-order valence-electron chi connectivity index (χ0n) is 13.2. The Labute approximate surface area is 143 Å². The Hall–Kier alpha value is -3.61. The number of aromatic nitrogens is 5. The van der Waals surface area contributed by atoms with Gasteiger partial charge in [-0.05, 0) is 0 Å². The second-order valence-electron chi connectivity index (χ2n) is 5.38. The normalized spacial score (nSPS) is 10.7. The smallest absolute Gasteiger partial charge is 0.271 e. The van der Waals surface area contributed by atoms with Gasteiger partial charge in [0.15, 0.2) is 5.65 Å². The summed E-state index contributed by atoms with van der Waals surface area (Å²) in [5, 5.41) is 2.80. The van der Waals surface area contributed by atoms with Gasteiger partial charge >= 0.3 is 0 Å². The summed E-state index contributed by atoms with van der Waals surface area (Å²) < 4.78 is 1.80. The van der Waals surface area contributed by atoms with Gasteiger partial charge in [-0.25, -0.2) is 4.98 Å². The predicted molar refractivity (Wildman–Crippen MR) is 91.6 cm³/mol. The summed E-state index contributed by atoms with van der Waals surface area (Å²) in [6.07, 6.45) is 9.94. The summed E-state index contributed by atoms with van der Waals surface area (Å²) in [6.45, 7) is 0.296. The number of carbonyl (C=O) groups is 1. The van der Waals surface area contributed by atoms with Crippen LogP contribution in [0.15, 0.2) is 67.5 Å². The van der Waals surface area contributed by atoms with Gasteiger partial charge in [0.2, 0.25) is 0 Å². The number of hydrogen-bond donors (Lipinski definition) is 1. The van der Waals surface area contributed by atoms with E-state index in [-0.39, 0.29) is 5.91 Å². The molecule has 0 radical (unpaired) electrons. The molecule has 0 aliphatic carbocycles. The van der Waals surface area contributed by atoms with E-state index in [0.29, 0.717) is 23.6 Å². The van der Waals surface area contributed by atoms with Gasteiger partial charge in [0.1, 0.15) is 11.4 Å². The van der Waals surface area contributed by atoms with E-state index >= 15 is 0 Å². The number of carbonyl (C=O) groups excluding carboxylic acids is 1. The summed E-state index contributed by atoms with van der Waals surface area (Å²) in [6, 6.07) is 9.76. The molecule has 4 aromatic rings. The van der Waals surface area contributed by atoms with Crippen molar-refractivity contribution >= 4 is 11.6 Å². The number of hydrogen-bond acceptors (Lipinski definition) is 5. The highest BCUT2D eigenvalue weighted by Crippen LogP contribution is 2.21. The molecule has 0 unspecified atom stereocenters. The van der Waals surface area contributed by atoms with E-state index in [1.807, 2.05) is 30.3 Å². The number of imidazole rings is 1. The monoisotopic (exact) mass is 330 g/mol. The van der Waals surface area contributed by atoms with Crippen LogP contribution in [-0.2, 0) is 6.54 Å². The zero-order valence-corrected chi connectivity index (χ0v) is 13.2. The summed E-state index contributed by atoms with van der Waals surface area (Å²) >= 11 is 0. The number of nitrogens with one attached hydrogen (secondary N) is 1. The van der Waals surface area contributed by atoms with Crippen molar-refractivity contribution in [1.29, 1.82) is 0 Å². The van der Waals surface area contributed by atoms with E-state index in [0.717, 1.165) is 11.3 Å². The molecule has 0 saturated heterocycles. The molecule has 0 aliphatic heterocycles. The van der Waals surface area contributed by atoms with Gasteiger partial charge in [-0.1, -0.05) is 30.3 Å². The van der Waals surface area contributed by atoms with Gasteiger partial charge < -0.3 is 9.72 Å². The van der Waals surface area contributed by atoms with E-state index in [2.05, 4.69) is 25.3 Å². The molecule has 0 fully saturated rings. The number of fused-ring (bicyclic) bond motifs is 1. The lowest BCUT2D eigenvalue weighted by atomic mass is 10.1. The predicted octanol–water partition coefficient (Wildman–Crippen LogP) is 2.12. The van der Waals surface area contributed by atoms with E-state index in [4.69, 9.17) is 0 Å². The van der Waals surface area contributed by atoms with Gasteiger partial charge in [-0.3, -0.25) is 19.7 Å². The fourth-order valence-corrected chi connectivity index (χ4v) is 2.51. The Morgan fingerprint density at radius 2 is 1.96 bits per heavy atom. The van der Waals surface area contributed by atoms with Gasteiger partial charge in [0.25, 0.3) is 5.91 Å². The Balaban J connectivity index is 1.62. The molecule has 0 spiro atoms. The second-order valence-corrected chi connectivity index (χ2v) is 5.38. The summed E-state index contributed by atoms with van der Waals surface area (Å²) in [5.41, 5.74) is 3.33. The average Bonchev–Trinajstić information content (AvgIpc) is 3.12. The van der Waals surface area contributed by atoms with Crippen LogP contribution >= 0.6 is 0 Å². The third-order valence-corrected chi connectivity index (χ3v) is 3.70. The van der Waals surface area contributed by atoms with Crippen LogP contribution in [0.25, 0.3) is 16.9 Å². The molecular weight excluding hydrogens is 316 g/mol. The van der Waals surface area contributed by atoms with E-state index in [9.17, 15) is 4.79 Å². The molecule has 0 saturated carbocycles. The zero-order chi connectivity index (χ0) is 17.1. The molecule has 7 nitrogen and oxygen atoms in total. The number of benzene rings is 1. The van der Waals surface area contributed by atoms with Gasteiger partial charge in [0, 0.05) is 36.5 Å². The Kier molecular flexibility index (Phi) is 3.88. The Morgan fingerprint density at radius 3 is 2.76 bits per heavy atom. The van der Waals surface area contributed by atoms with Crippen molar-refractivity contribution in [2.45, 2.75) is 6.54 Å². The fraction of sp³-hybridized carbons (Fsp3) is 0.0556. The topological polar surface area (TPSA) is 85.1 Å². The first-order valence-electron chi connectivity index (χ1n) is 7.73.